The van der Waals surface area contributed by atoms with Crippen molar-refractivity contribution >= 4 is 39.6 Å². The number of nitrogens with one attached hydrogen (secondary N) is 1. The van der Waals surface area contributed by atoms with Gasteiger partial charge in [-0.15, -0.1) is 22.7 Å². The highest BCUT2D eigenvalue weighted by atomic mass is 32.1. The van der Waals surface area contributed by atoms with Crippen molar-refractivity contribution in [2.24, 2.45) is 0 Å². The van der Waals surface area contributed by atoms with Crippen LogP contribution in [0.15, 0.2) is 23.6 Å². The van der Waals surface area contributed by atoms with Crippen LogP contribution in [-0.4, -0.2) is 17.0 Å². The number of aryl methyl sites for hydroxylation is 1. The van der Waals surface area contributed by atoms with Gasteiger partial charge >= 0.3 is 5.97 Å². The van der Waals surface area contributed by atoms with E-state index in [1.807, 2.05) is 24.4 Å². The third-order valence-corrected chi connectivity index (χ3v) is 4.10. The number of carboxylic acids is 1. The van der Waals surface area contributed by atoms with Crippen LogP contribution in [0.25, 0.3) is 0 Å². The maximum Gasteiger partial charge on any atom is 0.338 e. The van der Waals surface area contributed by atoms with E-state index in [2.05, 4.69) is 5.32 Å². The third kappa shape index (κ3) is 2.96. The van der Waals surface area contributed by atoms with Crippen molar-refractivity contribution in [1.29, 1.82) is 0 Å². The summed E-state index contributed by atoms with van der Waals surface area (Å²) in [6.45, 7) is 1.81. The highest BCUT2D eigenvalue weighted by Gasteiger charge is 2.16. The lowest BCUT2D eigenvalue weighted by atomic mass is 10.3. The lowest BCUT2D eigenvalue weighted by Crippen LogP contribution is -2.14. The third-order valence-electron chi connectivity index (χ3n) is 2.25. The van der Waals surface area contributed by atoms with Gasteiger partial charge in [0.25, 0.3) is 0 Å². The molecule has 0 saturated heterocycles. The molecule has 0 aliphatic rings. The summed E-state index contributed by atoms with van der Waals surface area (Å²) in [5, 5.41) is 14.0. The fourth-order valence-corrected chi connectivity index (χ4v) is 3.13. The van der Waals surface area contributed by atoms with E-state index in [1.54, 1.807) is 6.07 Å². The quantitative estimate of drug-likeness (QED) is 0.905. The number of hydrogen-bond acceptors (Lipinski definition) is 4. The van der Waals surface area contributed by atoms with Crippen LogP contribution < -0.4 is 5.32 Å². The predicted molar refractivity (Wildman–Crippen MR) is 72.7 cm³/mol. The zero-order chi connectivity index (χ0) is 13.1. The minimum atomic E-state index is -1.02. The van der Waals surface area contributed by atoms with E-state index in [-0.39, 0.29) is 17.9 Å². The van der Waals surface area contributed by atoms with E-state index in [0.717, 1.165) is 9.75 Å². The molecule has 0 bridgehead atoms. The van der Waals surface area contributed by atoms with Crippen LogP contribution in [0.1, 0.15) is 20.1 Å². The van der Waals surface area contributed by atoms with Gasteiger partial charge in [-0.2, -0.15) is 0 Å². The normalized spacial score (nSPS) is 10.3. The molecule has 0 radical (unpaired) electrons. The summed E-state index contributed by atoms with van der Waals surface area (Å²) in [5.74, 6) is -1.22. The van der Waals surface area contributed by atoms with E-state index in [1.165, 1.54) is 22.7 Å². The van der Waals surface area contributed by atoms with Crippen molar-refractivity contribution in [2.75, 3.05) is 5.32 Å². The van der Waals surface area contributed by atoms with Crippen LogP contribution in [0, 0.1) is 6.92 Å². The largest absolute Gasteiger partial charge is 0.478 e. The first-order chi connectivity index (χ1) is 8.56. The molecule has 2 aromatic rings. The van der Waals surface area contributed by atoms with Gasteiger partial charge in [0.2, 0.25) is 5.91 Å². The second kappa shape index (κ2) is 5.32. The number of carbonyl (C=O) groups excluding carboxylic acids is 1. The van der Waals surface area contributed by atoms with Gasteiger partial charge in [-0.25, -0.2) is 4.79 Å². The van der Waals surface area contributed by atoms with E-state index in [0.29, 0.717) is 5.00 Å². The number of hydrogen-bond donors (Lipinski definition) is 2. The number of anilines is 1. The van der Waals surface area contributed by atoms with Crippen LogP contribution in [0.4, 0.5) is 5.00 Å². The van der Waals surface area contributed by atoms with E-state index < -0.39 is 5.97 Å². The van der Waals surface area contributed by atoms with E-state index >= 15 is 0 Å². The number of rotatable bonds is 4. The molecule has 0 unspecified atom stereocenters. The van der Waals surface area contributed by atoms with E-state index in [9.17, 15) is 9.59 Å². The maximum absolute atomic E-state index is 11.8. The smallest absolute Gasteiger partial charge is 0.338 e. The van der Waals surface area contributed by atoms with Gasteiger partial charge in [-0.3, -0.25) is 4.79 Å². The molecule has 0 aliphatic heterocycles. The molecule has 0 aromatic carbocycles. The van der Waals surface area contributed by atoms with Crippen molar-refractivity contribution in [2.45, 2.75) is 13.3 Å². The van der Waals surface area contributed by atoms with Crippen molar-refractivity contribution in [3.63, 3.8) is 0 Å². The van der Waals surface area contributed by atoms with Crippen LogP contribution >= 0.6 is 22.7 Å². The molecule has 4 nitrogen and oxygen atoms in total. The number of carbonyl (C=O) groups is 2. The molecule has 0 fully saturated rings. The lowest BCUT2D eigenvalue weighted by Gasteiger charge is -2.02. The molecule has 94 valence electrons. The van der Waals surface area contributed by atoms with Crippen molar-refractivity contribution < 1.29 is 14.7 Å². The number of amides is 1. The van der Waals surface area contributed by atoms with Gasteiger partial charge in [-0.05, 0) is 24.4 Å². The summed E-state index contributed by atoms with van der Waals surface area (Å²) in [6.07, 6.45) is 0.272. The molecule has 1 amide bonds. The van der Waals surface area contributed by atoms with Gasteiger partial charge in [0.15, 0.2) is 0 Å². The van der Waals surface area contributed by atoms with Crippen LogP contribution in [-0.2, 0) is 11.2 Å². The number of thiophene rings is 2. The zero-order valence-corrected chi connectivity index (χ0v) is 11.2. The first-order valence-electron chi connectivity index (χ1n) is 5.22. The molecule has 2 rings (SSSR count). The Kier molecular flexibility index (Phi) is 3.78. The van der Waals surface area contributed by atoms with Crippen LogP contribution in [0.5, 0.6) is 0 Å². The first-order valence-corrected chi connectivity index (χ1v) is 6.92. The maximum atomic E-state index is 11.8. The summed E-state index contributed by atoms with van der Waals surface area (Å²) in [6, 6.07) is 5.32. The fraction of sp³-hybridized carbons (Fsp3) is 0.167. The molecule has 0 aliphatic carbocycles. The Morgan fingerprint density at radius 2 is 2.22 bits per heavy atom. The first kappa shape index (κ1) is 12.8. The highest BCUT2D eigenvalue weighted by Crippen LogP contribution is 2.27. The molecule has 0 spiro atoms. The molecule has 0 saturated carbocycles. The molecule has 2 aromatic heterocycles. The standard InChI is InChI=1S/C12H11NO3S2/c1-7-5-9(12(15)16)11(18-7)13-10(14)6-8-3-2-4-17-8/h2-5H,6H2,1H3,(H,13,14)(H,15,16). The molecule has 0 atom stereocenters. The summed E-state index contributed by atoms with van der Waals surface area (Å²) >= 11 is 2.78. The summed E-state index contributed by atoms with van der Waals surface area (Å²) < 4.78 is 0. The van der Waals surface area contributed by atoms with Gasteiger partial charge < -0.3 is 10.4 Å². The topological polar surface area (TPSA) is 66.4 Å². The molecule has 2 heterocycles. The predicted octanol–water partition coefficient (Wildman–Crippen LogP) is 3.00. The van der Waals surface area contributed by atoms with Crippen molar-refractivity contribution in [1.82, 2.24) is 0 Å². The van der Waals surface area contributed by atoms with Gasteiger partial charge in [0, 0.05) is 9.75 Å². The van der Waals surface area contributed by atoms with Crippen molar-refractivity contribution in [3.8, 4) is 0 Å². The second-order valence-corrected chi connectivity index (χ2v) is 6.00. The monoisotopic (exact) mass is 281 g/mol. The Morgan fingerprint density at radius 3 is 2.83 bits per heavy atom. The van der Waals surface area contributed by atoms with E-state index in [4.69, 9.17) is 5.11 Å². The highest BCUT2D eigenvalue weighted by molar-refractivity contribution is 7.16. The van der Waals surface area contributed by atoms with Gasteiger partial charge in [0.1, 0.15) is 5.00 Å². The van der Waals surface area contributed by atoms with Gasteiger partial charge in [-0.1, -0.05) is 6.07 Å². The zero-order valence-electron chi connectivity index (χ0n) is 9.60. The summed E-state index contributed by atoms with van der Waals surface area (Å²) in [4.78, 5) is 24.6. The van der Waals surface area contributed by atoms with Crippen molar-refractivity contribution in [3.05, 3.63) is 38.9 Å². The van der Waals surface area contributed by atoms with Crippen LogP contribution in [0.3, 0.4) is 0 Å². The minimum Gasteiger partial charge on any atom is -0.478 e. The Morgan fingerprint density at radius 1 is 1.44 bits per heavy atom. The second-order valence-electron chi connectivity index (χ2n) is 3.71. The molecular formula is C12H11NO3S2. The Bertz CT molecular complexity index is 572. The fourth-order valence-electron chi connectivity index (χ4n) is 1.51. The Balaban J connectivity index is 2.09. The number of carboxylic acid groups (broad SMARTS) is 1. The molecule has 2 N–H and O–H groups in total. The average molecular weight is 281 g/mol. The van der Waals surface area contributed by atoms with Crippen LogP contribution in [0.2, 0.25) is 0 Å². The lowest BCUT2D eigenvalue weighted by molar-refractivity contribution is -0.115. The SMILES string of the molecule is Cc1cc(C(=O)O)c(NC(=O)Cc2cccs2)s1. The summed E-state index contributed by atoms with van der Waals surface area (Å²) in [7, 11) is 0. The Hall–Kier alpha value is -1.66. The van der Waals surface area contributed by atoms with Gasteiger partial charge in [0.05, 0.1) is 12.0 Å². The molecule has 18 heavy (non-hydrogen) atoms. The minimum absolute atomic E-state index is 0.150. The Labute approximate surface area is 112 Å². The average Bonchev–Trinajstić information content (AvgIpc) is 2.88. The molecular weight excluding hydrogens is 270 g/mol. The molecule has 6 heteroatoms. The number of aromatic carboxylic acids is 1. The summed E-state index contributed by atoms with van der Waals surface area (Å²) in [5.41, 5.74) is 0.150.